The van der Waals surface area contributed by atoms with E-state index in [9.17, 15) is 14.4 Å². The second-order valence-electron chi connectivity index (χ2n) is 8.36. The van der Waals surface area contributed by atoms with E-state index >= 15 is 0 Å². The summed E-state index contributed by atoms with van der Waals surface area (Å²) < 4.78 is 0.766. The Kier molecular flexibility index (Phi) is 4.22. The van der Waals surface area contributed by atoms with E-state index in [-0.39, 0.29) is 54.4 Å². The molecule has 2 bridgehead atoms. The number of rotatable bonds is 4. The molecule has 146 valence electrons. The van der Waals surface area contributed by atoms with E-state index in [4.69, 9.17) is 11.6 Å². The van der Waals surface area contributed by atoms with Crippen LogP contribution in [0.15, 0.2) is 28.8 Å². The number of aryl methyl sites for hydroxylation is 1. The van der Waals surface area contributed by atoms with Crippen molar-refractivity contribution in [3.8, 4) is 0 Å². The van der Waals surface area contributed by atoms with Crippen molar-refractivity contribution < 1.29 is 14.4 Å². The lowest BCUT2D eigenvalue weighted by atomic mass is 9.63. The van der Waals surface area contributed by atoms with Crippen molar-refractivity contribution in [2.75, 3.05) is 11.9 Å². The van der Waals surface area contributed by atoms with Gasteiger partial charge in [-0.1, -0.05) is 23.8 Å². The van der Waals surface area contributed by atoms with Crippen LogP contribution in [0.3, 0.4) is 0 Å². The molecule has 0 unspecified atom stereocenters. The van der Waals surface area contributed by atoms with Crippen LogP contribution in [0.5, 0.6) is 0 Å². The van der Waals surface area contributed by atoms with Crippen LogP contribution in [-0.2, 0) is 14.4 Å². The number of carbonyl (C=O) groups excluding carboxylic acids is 3. The topological polar surface area (TPSA) is 66.5 Å². The fraction of sp³-hybridized carbons (Fsp3) is 0.476. The minimum atomic E-state index is -0.235. The first kappa shape index (κ1) is 18.4. The van der Waals surface area contributed by atoms with Crippen LogP contribution in [-0.4, -0.2) is 29.2 Å². The van der Waals surface area contributed by atoms with Crippen molar-refractivity contribution >= 4 is 50.9 Å². The van der Waals surface area contributed by atoms with Crippen LogP contribution in [0.2, 0.25) is 5.02 Å². The van der Waals surface area contributed by atoms with Crippen LogP contribution in [0.4, 0.5) is 5.69 Å². The van der Waals surface area contributed by atoms with E-state index < -0.39 is 0 Å². The zero-order valence-electron chi connectivity index (χ0n) is 15.3. The van der Waals surface area contributed by atoms with Crippen molar-refractivity contribution in [3.05, 3.63) is 39.3 Å². The Morgan fingerprint density at radius 1 is 1.18 bits per heavy atom. The second-order valence-corrected chi connectivity index (χ2v) is 9.62. The molecule has 5 nitrogen and oxygen atoms in total. The average Bonchev–Trinajstić information content (AvgIpc) is 3.43. The van der Waals surface area contributed by atoms with Gasteiger partial charge in [-0.05, 0) is 70.6 Å². The van der Waals surface area contributed by atoms with Gasteiger partial charge < -0.3 is 5.32 Å². The molecule has 7 heteroatoms. The van der Waals surface area contributed by atoms with E-state index in [0.29, 0.717) is 22.5 Å². The predicted octanol–water partition coefficient (Wildman–Crippen LogP) is 3.79. The summed E-state index contributed by atoms with van der Waals surface area (Å²) >= 11 is 9.46. The Balaban J connectivity index is 1.25. The number of imide groups is 1. The second kappa shape index (κ2) is 6.42. The third kappa shape index (κ3) is 2.68. The van der Waals surface area contributed by atoms with Gasteiger partial charge in [0.05, 0.1) is 16.9 Å². The van der Waals surface area contributed by atoms with E-state index in [1.165, 1.54) is 4.90 Å². The number of allylic oxidation sites excluding steroid dienone is 2. The minimum Gasteiger partial charge on any atom is -0.326 e. The highest BCUT2D eigenvalue weighted by molar-refractivity contribution is 9.10. The normalized spacial score (nSPS) is 34.5. The summed E-state index contributed by atoms with van der Waals surface area (Å²) in [5.41, 5.74) is 1.51. The molecule has 3 amide bonds. The summed E-state index contributed by atoms with van der Waals surface area (Å²) in [6.45, 7) is 2.01. The molecule has 0 aromatic heterocycles. The van der Waals surface area contributed by atoms with Crippen molar-refractivity contribution in [1.29, 1.82) is 0 Å². The number of likely N-dealkylation sites (tertiary alicyclic amines) is 1. The molecule has 4 aliphatic carbocycles. The van der Waals surface area contributed by atoms with Gasteiger partial charge in [0.2, 0.25) is 17.7 Å². The highest BCUT2D eigenvalue weighted by atomic mass is 79.9. The summed E-state index contributed by atoms with van der Waals surface area (Å²) in [6.07, 6.45) is 5.54. The van der Waals surface area contributed by atoms with Crippen LogP contribution in [0, 0.1) is 42.4 Å². The van der Waals surface area contributed by atoms with Gasteiger partial charge in [-0.25, -0.2) is 0 Å². The molecule has 6 atom stereocenters. The lowest BCUT2D eigenvalue weighted by Crippen LogP contribution is -2.40. The average molecular weight is 464 g/mol. The predicted molar refractivity (Wildman–Crippen MR) is 109 cm³/mol. The molecule has 2 saturated carbocycles. The van der Waals surface area contributed by atoms with Crippen molar-refractivity contribution in [3.63, 3.8) is 0 Å². The number of carbonyl (C=O) groups is 3. The Morgan fingerprint density at radius 2 is 1.79 bits per heavy atom. The number of halogens is 2. The molecular formula is C21H20BrClN2O3. The Labute approximate surface area is 176 Å². The van der Waals surface area contributed by atoms with E-state index in [1.807, 2.05) is 13.0 Å². The van der Waals surface area contributed by atoms with Gasteiger partial charge in [0.25, 0.3) is 0 Å². The van der Waals surface area contributed by atoms with Crippen LogP contribution in [0.1, 0.15) is 18.4 Å². The fourth-order valence-electron chi connectivity index (χ4n) is 5.45. The molecule has 3 fully saturated rings. The summed E-state index contributed by atoms with van der Waals surface area (Å²) in [5, 5.41) is 3.34. The van der Waals surface area contributed by atoms with Crippen molar-refractivity contribution in [1.82, 2.24) is 4.90 Å². The van der Waals surface area contributed by atoms with Crippen molar-refractivity contribution in [2.24, 2.45) is 35.5 Å². The molecule has 1 aromatic carbocycles. The maximum absolute atomic E-state index is 12.9. The molecule has 1 aliphatic heterocycles. The summed E-state index contributed by atoms with van der Waals surface area (Å²) in [6, 6.07) is 3.53. The molecule has 0 spiro atoms. The van der Waals surface area contributed by atoms with Gasteiger partial charge in [-0.3, -0.25) is 19.3 Å². The lowest BCUT2D eigenvalue weighted by Gasteiger charge is -2.37. The maximum Gasteiger partial charge on any atom is 0.233 e. The minimum absolute atomic E-state index is 0.0830. The van der Waals surface area contributed by atoms with Crippen molar-refractivity contribution in [2.45, 2.75) is 19.8 Å². The standard InChI is InChI=1S/C21H20BrClN2O3/c1-9-6-14(22)15(23)8-16(9)24-17(26)4-5-25-20(27)18-10-2-3-11(13-7-12(10)13)19(18)21(25)28/h2-3,6,8,10-13,18-19H,4-5,7H2,1H3,(H,24,26)/t10-,11-,12-,13-,18+,19+/m1/s1. The first-order valence-electron chi connectivity index (χ1n) is 9.66. The molecule has 6 rings (SSSR count). The number of anilines is 1. The number of nitrogens with one attached hydrogen (secondary N) is 1. The molecule has 1 aromatic rings. The third-order valence-electron chi connectivity index (χ3n) is 6.86. The lowest BCUT2D eigenvalue weighted by molar-refractivity contribution is -0.140. The van der Waals surface area contributed by atoms with Gasteiger partial charge in [0, 0.05) is 23.1 Å². The Bertz CT molecular complexity index is 910. The molecule has 1 N–H and O–H groups in total. The summed E-state index contributed by atoms with van der Waals surface area (Å²) in [4.78, 5) is 39.6. The van der Waals surface area contributed by atoms with E-state index in [0.717, 1.165) is 16.5 Å². The first-order chi connectivity index (χ1) is 13.4. The fourth-order valence-corrected chi connectivity index (χ4v) is 6.07. The smallest absolute Gasteiger partial charge is 0.233 e. The van der Waals surface area contributed by atoms with Gasteiger partial charge in [0.1, 0.15) is 0 Å². The molecule has 0 radical (unpaired) electrons. The van der Waals surface area contributed by atoms with Crippen LogP contribution in [0.25, 0.3) is 0 Å². The van der Waals surface area contributed by atoms with Gasteiger partial charge in [-0.15, -0.1) is 0 Å². The van der Waals surface area contributed by atoms with Gasteiger partial charge in [0.15, 0.2) is 0 Å². The molecular weight excluding hydrogens is 444 g/mol. The third-order valence-corrected chi connectivity index (χ3v) is 8.06. The molecule has 5 aliphatic rings. The number of amides is 3. The SMILES string of the molecule is Cc1cc(Br)c(Cl)cc1NC(=O)CCN1C(=O)[C@H]2[C@@H]3C=C[C@H]([C@H]4C[C@H]34)[C@@H]2C1=O. The number of nitrogens with zero attached hydrogens (tertiary/aromatic N) is 1. The number of hydrogen-bond acceptors (Lipinski definition) is 3. The van der Waals surface area contributed by atoms with E-state index in [1.54, 1.807) is 6.07 Å². The Morgan fingerprint density at radius 3 is 2.39 bits per heavy atom. The van der Waals surface area contributed by atoms with E-state index in [2.05, 4.69) is 33.4 Å². The summed E-state index contributed by atoms with van der Waals surface area (Å²) in [7, 11) is 0. The maximum atomic E-state index is 12.9. The van der Waals surface area contributed by atoms with Crippen LogP contribution < -0.4 is 5.32 Å². The number of hydrogen-bond donors (Lipinski definition) is 1. The largest absolute Gasteiger partial charge is 0.326 e. The highest BCUT2D eigenvalue weighted by Gasteiger charge is 2.66. The first-order valence-corrected chi connectivity index (χ1v) is 10.8. The molecule has 28 heavy (non-hydrogen) atoms. The zero-order chi connectivity index (χ0) is 19.7. The van der Waals surface area contributed by atoms with Gasteiger partial charge in [-0.2, -0.15) is 0 Å². The summed E-state index contributed by atoms with van der Waals surface area (Å²) in [5.74, 6) is 0.767. The monoisotopic (exact) mass is 462 g/mol. The van der Waals surface area contributed by atoms with Gasteiger partial charge >= 0.3 is 0 Å². The highest BCUT2D eigenvalue weighted by Crippen LogP contribution is 2.65. The molecule has 1 saturated heterocycles. The quantitative estimate of drug-likeness (QED) is 0.546. The number of benzene rings is 1. The molecule has 1 heterocycles. The Hall–Kier alpha value is -1.66. The van der Waals surface area contributed by atoms with Crippen LogP contribution >= 0.6 is 27.5 Å². The zero-order valence-corrected chi connectivity index (χ0v) is 17.7.